The highest BCUT2D eigenvalue weighted by atomic mass is 19.2. The molecule has 0 spiro atoms. The third-order valence-electron chi connectivity index (χ3n) is 3.61. The van der Waals surface area contributed by atoms with E-state index in [9.17, 15) is 18.0 Å². The van der Waals surface area contributed by atoms with E-state index in [0.717, 1.165) is 36.6 Å². The SMILES string of the molecule is CCCCCCC1COC(=O)N1c1c(F)ccc(F)c1F. The molecule has 1 atom stereocenters. The van der Waals surface area contributed by atoms with Crippen molar-refractivity contribution in [3.8, 4) is 0 Å². The molecule has 116 valence electrons. The minimum Gasteiger partial charge on any atom is -0.447 e. The molecule has 1 heterocycles. The Kier molecular flexibility index (Phi) is 5.09. The number of hydrogen-bond acceptors (Lipinski definition) is 2. The molecule has 1 unspecified atom stereocenters. The van der Waals surface area contributed by atoms with Gasteiger partial charge in [-0.3, -0.25) is 4.90 Å². The lowest BCUT2D eigenvalue weighted by molar-refractivity contribution is 0.178. The van der Waals surface area contributed by atoms with Crippen LogP contribution in [0.25, 0.3) is 0 Å². The number of ether oxygens (including phenoxy) is 1. The van der Waals surface area contributed by atoms with Gasteiger partial charge >= 0.3 is 6.09 Å². The second-order valence-electron chi connectivity index (χ2n) is 5.14. The number of halogens is 3. The van der Waals surface area contributed by atoms with Crippen molar-refractivity contribution in [3.63, 3.8) is 0 Å². The molecule has 2 rings (SSSR count). The van der Waals surface area contributed by atoms with E-state index < -0.39 is 35.3 Å². The highest BCUT2D eigenvalue weighted by Crippen LogP contribution is 2.32. The van der Waals surface area contributed by atoms with Crippen LogP contribution in [0.5, 0.6) is 0 Å². The first-order valence-electron chi connectivity index (χ1n) is 7.15. The zero-order valence-electron chi connectivity index (χ0n) is 11.9. The number of anilines is 1. The Balaban J connectivity index is 2.19. The number of amides is 1. The predicted molar refractivity (Wildman–Crippen MR) is 72.7 cm³/mol. The first kappa shape index (κ1) is 15.7. The number of nitrogens with zero attached hydrogens (tertiary/aromatic N) is 1. The normalized spacial score (nSPS) is 18.2. The number of unbranched alkanes of at least 4 members (excludes halogenated alkanes) is 3. The Hall–Kier alpha value is -1.72. The van der Waals surface area contributed by atoms with Crippen LogP contribution in [0.1, 0.15) is 39.0 Å². The monoisotopic (exact) mass is 301 g/mol. The molecule has 1 fully saturated rings. The molecule has 6 heteroatoms. The van der Waals surface area contributed by atoms with Gasteiger partial charge in [0.1, 0.15) is 18.1 Å². The van der Waals surface area contributed by atoms with Gasteiger partial charge in [0, 0.05) is 0 Å². The molecule has 1 aliphatic rings. The molecule has 1 amide bonds. The van der Waals surface area contributed by atoms with Crippen molar-refractivity contribution in [2.24, 2.45) is 0 Å². The summed E-state index contributed by atoms with van der Waals surface area (Å²) >= 11 is 0. The quantitative estimate of drug-likeness (QED) is 0.576. The van der Waals surface area contributed by atoms with Gasteiger partial charge in [-0.05, 0) is 18.6 Å². The predicted octanol–water partition coefficient (Wildman–Crippen LogP) is 4.40. The molecule has 3 nitrogen and oxygen atoms in total. The van der Waals surface area contributed by atoms with Crippen LogP contribution in [0.4, 0.5) is 23.7 Å². The van der Waals surface area contributed by atoms with Crippen LogP contribution in [-0.4, -0.2) is 18.7 Å². The zero-order chi connectivity index (χ0) is 15.4. The van der Waals surface area contributed by atoms with Crippen LogP contribution in [0.3, 0.4) is 0 Å². The van der Waals surface area contributed by atoms with Gasteiger partial charge in [0.05, 0.1) is 6.04 Å². The first-order chi connectivity index (χ1) is 10.1. The molecule has 0 saturated carbocycles. The minimum atomic E-state index is -1.35. The molecule has 0 aliphatic carbocycles. The maximum atomic E-state index is 13.8. The van der Waals surface area contributed by atoms with E-state index in [4.69, 9.17) is 4.74 Å². The summed E-state index contributed by atoms with van der Waals surface area (Å²) in [6, 6.07) is 1.06. The molecular formula is C15H18F3NO2. The zero-order valence-corrected chi connectivity index (χ0v) is 11.9. The molecule has 0 bridgehead atoms. The summed E-state index contributed by atoms with van der Waals surface area (Å²) in [5.41, 5.74) is -0.655. The van der Waals surface area contributed by atoms with Crippen molar-refractivity contribution < 1.29 is 22.7 Å². The van der Waals surface area contributed by atoms with Gasteiger partial charge in [0.25, 0.3) is 0 Å². The van der Waals surface area contributed by atoms with Crippen LogP contribution in [0.15, 0.2) is 12.1 Å². The van der Waals surface area contributed by atoms with Crippen molar-refractivity contribution >= 4 is 11.8 Å². The Morgan fingerprint density at radius 2 is 1.90 bits per heavy atom. The molecule has 1 aromatic carbocycles. The second kappa shape index (κ2) is 6.83. The van der Waals surface area contributed by atoms with Gasteiger partial charge in [0.15, 0.2) is 11.6 Å². The van der Waals surface area contributed by atoms with Crippen LogP contribution in [-0.2, 0) is 4.74 Å². The van der Waals surface area contributed by atoms with Crippen LogP contribution in [0, 0.1) is 17.5 Å². The Labute approximate surface area is 121 Å². The lowest BCUT2D eigenvalue weighted by Gasteiger charge is -2.22. The summed E-state index contributed by atoms with van der Waals surface area (Å²) in [4.78, 5) is 12.6. The molecule has 0 N–H and O–H groups in total. The van der Waals surface area contributed by atoms with E-state index in [1.54, 1.807) is 0 Å². The fourth-order valence-electron chi connectivity index (χ4n) is 2.49. The maximum absolute atomic E-state index is 13.8. The summed E-state index contributed by atoms with van der Waals surface area (Å²) < 4.78 is 45.8. The highest BCUT2D eigenvalue weighted by molar-refractivity contribution is 5.90. The fourth-order valence-corrected chi connectivity index (χ4v) is 2.49. The molecule has 0 aromatic heterocycles. The summed E-state index contributed by atoms with van der Waals surface area (Å²) in [7, 11) is 0. The average Bonchev–Trinajstić information content (AvgIpc) is 2.81. The number of benzene rings is 1. The molecule has 1 aliphatic heterocycles. The van der Waals surface area contributed by atoms with Crippen LogP contribution >= 0.6 is 0 Å². The highest BCUT2D eigenvalue weighted by Gasteiger charge is 2.37. The average molecular weight is 301 g/mol. The summed E-state index contributed by atoms with van der Waals surface area (Å²) in [6.45, 7) is 2.15. The van der Waals surface area contributed by atoms with E-state index in [1.807, 2.05) is 0 Å². The topological polar surface area (TPSA) is 29.5 Å². The standard InChI is InChI=1S/C15H18F3NO2/c1-2-3-4-5-6-10-9-21-15(20)19(10)14-12(17)8-7-11(16)13(14)18/h7-8,10H,2-6,9H2,1H3. The molecular weight excluding hydrogens is 283 g/mol. The van der Waals surface area contributed by atoms with E-state index >= 15 is 0 Å². The Bertz CT molecular complexity index is 522. The van der Waals surface area contributed by atoms with E-state index in [0.29, 0.717) is 12.5 Å². The number of hydrogen-bond donors (Lipinski definition) is 0. The number of carbonyl (C=O) groups excluding carboxylic acids is 1. The number of cyclic esters (lactones) is 1. The summed E-state index contributed by atoms with van der Waals surface area (Å²) in [5, 5.41) is 0. The molecule has 1 aromatic rings. The lowest BCUT2D eigenvalue weighted by atomic mass is 10.1. The fraction of sp³-hybridized carbons (Fsp3) is 0.533. The van der Waals surface area contributed by atoms with Crippen LogP contribution < -0.4 is 4.90 Å². The van der Waals surface area contributed by atoms with Gasteiger partial charge in [-0.25, -0.2) is 18.0 Å². The first-order valence-corrected chi connectivity index (χ1v) is 7.15. The van der Waals surface area contributed by atoms with Gasteiger partial charge in [0.2, 0.25) is 0 Å². The lowest BCUT2D eigenvalue weighted by Crippen LogP contribution is -2.35. The summed E-state index contributed by atoms with van der Waals surface area (Å²) in [6.07, 6.45) is 3.66. The van der Waals surface area contributed by atoms with Gasteiger partial charge in [-0.1, -0.05) is 32.6 Å². The van der Waals surface area contributed by atoms with Gasteiger partial charge < -0.3 is 4.74 Å². The van der Waals surface area contributed by atoms with Crippen molar-refractivity contribution in [1.82, 2.24) is 0 Å². The van der Waals surface area contributed by atoms with Gasteiger partial charge in [-0.15, -0.1) is 0 Å². The largest absolute Gasteiger partial charge is 0.447 e. The van der Waals surface area contributed by atoms with Crippen molar-refractivity contribution in [2.45, 2.75) is 45.1 Å². The Morgan fingerprint density at radius 1 is 1.19 bits per heavy atom. The van der Waals surface area contributed by atoms with E-state index in [2.05, 4.69) is 6.92 Å². The van der Waals surface area contributed by atoms with Crippen LogP contribution in [0.2, 0.25) is 0 Å². The molecule has 1 saturated heterocycles. The molecule has 21 heavy (non-hydrogen) atoms. The van der Waals surface area contributed by atoms with Crippen molar-refractivity contribution in [3.05, 3.63) is 29.6 Å². The second-order valence-corrected chi connectivity index (χ2v) is 5.14. The third-order valence-corrected chi connectivity index (χ3v) is 3.61. The van der Waals surface area contributed by atoms with Crippen molar-refractivity contribution in [1.29, 1.82) is 0 Å². The smallest absolute Gasteiger partial charge is 0.414 e. The number of carbonyl (C=O) groups is 1. The third kappa shape index (κ3) is 3.31. The van der Waals surface area contributed by atoms with Crippen molar-refractivity contribution in [2.75, 3.05) is 11.5 Å². The Morgan fingerprint density at radius 3 is 2.62 bits per heavy atom. The molecule has 0 radical (unpaired) electrons. The minimum absolute atomic E-state index is 0.0698. The number of rotatable bonds is 6. The summed E-state index contributed by atoms with van der Waals surface area (Å²) in [5.74, 6) is -3.51. The van der Waals surface area contributed by atoms with E-state index in [-0.39, 0.29) is 6.61 Å². The maximum Gasteiger partial charge on any atom is 0.414 e. The van der Waals surface area contributed by atoms with E-state index in [1.165, 1.54) is 0 Å². The van der Waals surface area contributed by atoms with Gasteiger partial charge in [-0.2, -0.15) is 0 Å².